The molecule has 6 heteroatoms. The van der Waals surface area contributed by atoms with Crippen LogP contribution >= 0.6 is 0 Å². The van der Waals surface area contributed by atoms with Crippen LogP contribution in [0.4, 0.5) is 0 Å². The summed E-state index contributed by atoms with van der Waals surface area (Å²) in [5, 5.41) is 4.03. The van der Waals surface area contributed by atoms with Crippen LogP contribution in [0, 0.1) is 0 Å². The van der Waals surface area contributed by atoms with Crippen LogP contribution in [0.1, 0.15) is 23.8 Å². The fourth-order valence-corrected chi connectivity index (χ4v) is 1.44. The minimum atomic E-state index is -0.474. The molecular weight excluding hydrogens is 212 g/mol. The number of Topliss-reactive ketones (excluding diaryl/α,β-unsaturated/α-hetero) is 1. The lowest BCUT2D eigenvalue weighted by atomic mass is 10.3. The molecule has 0 atom stereocenters. The molecule has 0 N–H and O–H groups in total. The number of rotatable bonds is 2. The molecule has 2 heterocycles. The number of nitrogens with zero attached hydrogens (tertiary/aromatic N) is 2. The maximum absolute atomic E-state index is 11.4. The minimum absolute atomic E-state index is 0.0307. The number of hydrogen-bond donors (Lipinski definition) is 0. The van der Waals surface area contributed by atoms with Gasteiger partial charge < -0.3 is 9.47 Å². The molecule has 0 saturated carbocycles. The Labute approximate surface area is 92.1 Å². The molecule has 16 heavy (non-hydrogen) atoms. The molecule has 2 rings (SSSR count). The highest BCUT2D eigenvalue weighted by atomic mass is 16.5. The number of aromatic nitrogens is 2. The van der Waals surface area contributed by atoms with Crippen molar-refractivity contribution in [1.29, 1.82) is 0 Å². The van der Waals surface area contributed by atoms with Gasteiger partial charge in [0.25, 0.3) is 0 Å². The lowest BCUT2D eigenvalue weighted by molar-refractivity contribution is -0.120. The Balaban J connectivity index is 2.18. The first-order valence-corrected chi connectivity index (χ1v) is 5.10. The van der Waals surface area contributed by atoms with Gasteiger partial charge in [-0.25, -0.2) is 9.48 Å². The van der Waals surface area contributed by atoms with E-state index >= 15 is 0 Å². The van der Waals surface area contributed by atoms with Crippen molar-refractivity contribution >= 4 is 11.8 Å². The van der Waals surface area contributed by atoms with Crippen LogP contribution in [-0.2, 0) is 16.1 Å². The molecular formula is C10H12N2O4. The molecule has 1 aromatic heterocycles. The van der Waals surface area contributed by atoms with E-state index in [-0.39, 0.29) is 18.1 Å². The van der Waals surface area contributed by atoms with Gasteiger partial charge in [-0.05, 0) is 6.92 Å². The maximum atomic E-state index is 11.4. The summed E-state index contributed by atoms with van der Waals surface area (Å²) < 4.78 is 11.5. The first-order chi connectivity index (χ1) is 7.70. The molecule has 1 aromatic rings. The smallest absolute Gasteiger partial charge is 0.358 e. The van der Waals surface area contributed by atoms with E-state index in [0.717, 1.165) is 0 Å². The topological polar surface area (TPSA) is 70.4 Å². The standard InChI is InChI=1S/C10H12N2O4/c1-2-15-10(14)8-5-9-12(11-8)4-3-7(13)6-16-9/h5H,2-4,6H2,1H3. The quantitative estimate of drug-likeness (QED) is 0.680. The van der Waals surface area contributed by atoms with Crippen LogP contribution in [0.25, 0.3) is 0 Å². The maximum Gasteiger partial charge on any atom is 0.358 e. The van der Waals surface area contributed by atoms with Gasteiger partial charge in [0.05, 0.1) is 13.2 Å². The summed E-state index contributed by atoms with van der Waals surface area (Å²) in [7, 11) is 0. The Morgan fingerprint density at radius 1 is 1.69 bits per heavy atom. The van der Waals surface area contributed by atoms with Crippen LogP contribution < -0.4 is 4.74 Å². The Kier molecular flexibility index (Phi) is 2.89. The largest absolute Gasteiger partial charge is 0.470 e. The highest BCUT2D eigenvalue weighted by Crippen LogP contribution is 2.17. The summed E-state index contributed by atoms with van der Waals surface area (Å²) in [6.45, 7) is 2.51. The first kappa shape index (κ1) is 10.7. The average molecular weight is 224 g/mol. The monoisotopic (exact) mass is 224 g/mol. The van der Waals surface area contributed by atoms with Gasteiger partial charge in [0.1, 0.15) is 6.61 Å². The Morgan fingerprint density at radius 3 is 3.25 bits per heavy atom. The third-order valence-electron chi connectivity index (χ3n) is 2.21. The van der Waals surface area contributed by atoms with Gasteiger partial charge in [-0.3, -0.25) is 4.79 Å². The van der Waals surface area contributed by atoms with Gasteiger partial charge in [0.15, 0.2) is 11.5 Å². The summed E-state index contributed by atoms with van der Waals surface area (Å²) in [6, 6.07) is 1.50. The highest BCUT2D eigenvalue weighted by molar-refractivity contribution is 5.87. The molecule has 0 aromatic carbocycles. The molecule has 0 amide bonds. The summed E-state index contributed by atoms with van der Waals surface area (Å²) in [4.78, 5) is 22.5. The Bertz CT molecular complexity index is 397. The first-order valence-electron chi connectivity index (χ1n) is 5.10. The number of carbonyl (C=O) groups is 2. The van der Waals surface area contributed by atoms with Crippen LogP contribution in [0.15, 0.2) is 6.07 Å². The second-order valence-corrected chi connectivity index (χ2v) is 3.39. The predicted molar refractivity (Wildman–Crippen MR) is 53.3 cm³/mol. The van der Waals surface area contributed by atoms with Gasteiger partial charge in [-0.1, -0.05) is 0 Å². The second-order valence-electron chi connectivity index (χ2n) is 3.39. The fraction of sp³-hybridized carbons (Fsp3) is 0.500. The van der Waals surface area contributed by atoms with Crippen molar-refractivity contribution in [3.05, 3.63) is 11.8 Å². The van der Waals surface area contributed by atoms with Gasteiger partial charge in [0, 0.05) is 12.5 Å². The normalized spacial score (nSPS) is 14.9. The molecule has 6 nitrogen and oxygen atoms in total. The molecule has 0 unspecified atom stereocenters. The molecule has 0 bridgehead atoms. The third kappa shape index (κ3) is 2.05. The van der Waals surface area contributed by atoms with Crippen molar-refractivity contribution in [2.45, 2.75) is 19.9 Å². The van der Waals surface area contributed by atoms with Gasteiger partial charge in [-0.2, -0.15) is 5.10 Å². The average Bonchev–Trinajstić information content (AvgIpc) is 2.60. The fourth-order valence-electron chi connectivity index (χ4n) is 1.44. The molecule has 0 saturated heterocycles. The minimum Gasteiger partial charge on any atom is -0.470 e. The van der Waals surface area contributed by atoms with Gasteiger partial charge in [-0.15, -0.1) is 0 Å². The van der Waals surface area contributed by atoms with E-state index < -0.39 is 5.97 Å². The zero-order valence-corrected chi connectivity index (χ0v) is 8.93. The number of carbonyl (C=O) groups excluding carboxylic acids is 2. The van der Waals surface area contributed by atoms with E-state index in [2.05, 4.69) is 5.10 Å². The molecule has 1 aliphatic heterocycles. The zero-order chi connectivity index (χ0) is 11.5. The lowest BCUT2D eigenvalue weighted by Crippen LogP contribution is -2.09. The molecule has 0 fully saturated rings. The van der Waals surface area contributed by atoms with E-state index in [1.807, 2.05) is 0 Å². The van der Waals surface area contributed by atoms with Crippen molar-refractivity contribution in [2.24, 2.45) is 0 Å². The van der Waals surface area contributed by atoms with Crippen molar-refractivity contribution < 1.29 is 19.1 Å². The Hall–Kier alpha value is -1.85. The number of esters is 1. The molecule has 0 spiro atoms. The van der Waals surface area contributed by atoms with Crippen molar-refractivity contribution in [2.75, 3.05) is 13.2 Å². The van der Waals surface area contributed by atoms with Crippen LogP contribution in [0.5, 0.6) is 5.88 Å². The molecule has 86 valence electrons. The second kappa shape index (κ2) is 4.34. The highest BCUT2D eigenvalue weighted by Gasteiger charge is 2.19. The van der Waals surface area contributed by atoms with E-state index in [0.29, 0.717) is 25.5 Å². The number of aryl methyl sites for hydroxylation is 1. The molecule has 0 aliphatic carbocycles. The van der Waals surface area contributed by atoms with Crippen LogP contribution in [0.2, 0.25) is 0 Å². The predicted octanol–water partition coefficient (Wildman–Crippen LogP) is 0.411. The van der Waals surface area contributed by atoms with E-state index in [1.165, 1.54) is 10.7 Å². The summed E-state index contributed by atoms with van der Waals surface area (Å²) in [6.07, 6.45) is 0.372. The van der Waals surface area contributed by atoms with Crippen molar-refractivity contribution in [1.82, 2.24) is 9.78 Å². The van der Waals surface area contributed by atoms with Crippen LogP contribution in [0.3, 0.4) is 0 Å². The summed E-state index contributed by atoms with van der Waals surface area (Å²) in [5.74, 6) is -0.00455. The van der Waals surface area contributed by atoms with Crippen molar-refractivity contribution in [3.8, 4) is 5.88 Å². The molecule has 1 aliphatic rings. The van der Waals surface area contributed by atoms with Gasteiger partial charge >= 0.3 is 5.97 Å². The Morgan fingerprint density at radius 2 is 2.50 bits per heavy atom. The SMILES string of the molecule is CCOC(=O)c1cc2n(n1)CCC(=O)CO2. The lowest BCUT2D eigenvalue weighted by Gasteiger charge is -1.99. The summed E-state index contributed by atoms with van der Waals surface area (Å²) in [5.41, 5.74) is 0.214. The van der Waals surface area contributed by atoms with Crippen LogP contribution in [-0.4, -0.2) is 34.7 Å². The van der Waals surface area contributed by atoms with E-state index in [9.17, 15) is 9.59 Å². The van der Waals surface area contributed by atoms with Crippen molar-refractivity contribution in [3.63, 3.8) is 0 Å². The zero-order valence-electron chi connectivity index (χ0n) is 8.93. The summed E-state index contributed by atoms with van der Waals surface area (Å²) >= 11 is 0. The van der Waals surface area contributed by atoms with E-state index in [1.54, 1.807) is 6.92 Å². The van der Waals surface area contributed by atoms with Gasteiger partial charge in [0.2, 0.25) is 5.88 Å². The number of fused-ring (bicyclic) bond motifs is 1. The number of ether oxygens (including phenoxy) is 2. The number of hydrogen-bond acceptors (Lipinski definition) is 5. The number of ketones is 1. The molecule has 0 radical (unpaired) electrons. The third-order valence-corrected chi connectivity index (χ3v) is 2.21. The van der Waals surface area contributed by atoms with E-state index in [4.69, 9.17) is 9.47 Å².